The van der Waals surface area contributed by atoms with E-state index in [4.69, 9.17) is 4.84 Å². The Morgan fingerprint density at radius 1 is 1.38 bits per heavy atom. The lowest BCUT2D eigenvalue weighted by Crippen LogP contribution is -2.26. The topological polar surface area (TPSA) is 45.1 Å². The molecule has 4 heteroatoms. The molecule has 0 bridgehead atoms. The van der Waals surface area contributed by atoms with E-state index in [1.54, 1.807) is 12.1 Å². The minimum absolute atomic E-state index is 0.138. The number of oxime groups is 1. The summed E-state index contributed by atoms with van der Waals surface area (Å²) in [6.45, 7) is 0.866. The summed E-state index contributed by atoms with van der Waals surface area (Å²) in [7, 11) is 4.03. The molecule has 0 saturated carbocycles. The monoisotopic (exact) mass is 220 g/mol. The van der Waals surface area contributed by atoms with E-state index in [1.165, 1.54) is 0 Å². The SMILES string of the molecule is CN(C)CC1CC(c2ccc(O)cc2)=NO1. The van der Waals surface area contributed by atoms with Crippen LogP contribution in [0, 0.1) is 0 Å². The molecule has 1 aliphatic rings. The lowest BCUT2D eigenvalue weighted by atomic mass is 10.0. The van der Waals surface area contributed by atoms with E-state index in [-0.39, 0.29) is 11.9 Å². The normalized spacial score (nSPS) is 19.7. The fraction of sp³-hybridized carbons (Fsp3) is 0.417. The predicted molar refractivity (Wildman–Crippen MR) is 62.7 cm³/mol. The molecule has 2 rings (SSSR count). The molecule has 1 aromatic carbocycles. The van der Waals surface area contributed by atoms with Gasteiger partial charge in [-0.05, 0) is 43.9 Å². The highest BCUT2D eigenvalue weighted by atomic mass is 16.6. The van der Waals surface area contributed by atoms with Crippen molar-refractivity contribution in [2.75, 3.05) is 20.6 Å². The van der Waals surface area contributed by atoms with Crippen molar-refractivity contribution < 1.29 is 9.94 Å². The number of phenolic OH excluding ortho intramolecular Hbond substituents is 1. The summed E-state index contributed by atoms with van der Waals surface area (Å²) < 4.78 is 0. The number of rotatable bonds is 3. The van der Waals surface area contributed by atoms with Crippen LogP contribution < -0.4 is 0 Å². The van der Waals surface area contributed by atoms with Crippen LogP contribution in [-0.4, -0.2) is 42.5 Å². The molecule has 0 fully saturated rings. The zero-order valence-corrected chi connectivity index (χ0v) is 9.55. The first-order valence-electron chi connectivity index (χ1n) is 5.32. The molecule has 0 spiro atoms. The molecule has 0 aromatic heterocycles. The molecule has 0 saturated heterocycles. The molecular formula is C12H16N2O2. The van der Waals surface area contributed by atoms with Crippen LogP contribution in [0.2, 0.25) is 0 Å². The summed E-state index contributed by atoms with van der Waals surface area (Å²) in [4.78, 5) is 7.43. The molecule has 86 valence electrons. The van der Waals surface area contributed by atoms with Crippen LogP contribution in [-0.2, 0) is 4.84 Å². The molecule has 1 aliphatic heterocycles. The van der Waals surface area contributed by atoms with Gasteiger partial charge in [0.15, 0.2) is 0 Å². The molecule has 1 aromatic rings. The molecule has 1 unspecified atom stereocenters. The van der Waals surface area contributed by atoms with Gasteiger partial charge in [0.05, 0.1) is 5.71 Å². The van der Waals surface area contributed by atoms with E-state index < -0.39 is 0 Å². The Morgan fingerprint density at radius 2 is 2.06 bits per heavy atom. The molecule has 4 nitrogen and oxygen atoms in total. The van der Waals surface area contributed by atoms with Crippen LogP contribution in [0.1, 0.15) is 12.0 Å². The number of hydrogen-bond donors (Lipinski definition) is 1. The Hall–Kier alpha value is -1.55. The third-order valence-electron chi connectivity index (χ3n) is 2.50. The minimum Gasteiger partial charge on any atom is -0.508 e. The summed E-state index contributed by atoms with van der Waals surface area (Å²) >= 11 is 0. The van der Waals surface area contributed by atoms with Gasteiger partial charge in [-0.2, -0.15) is 0 Å². The Balaban J connectivity index is 2.00. The van der Waals surface area contributed by atoms with Crippen LogP contribution in [0.25, 0.3) is 0 Å². The fourth-order valence-electron chi connectivity index (χ4n) is 1.76. The molecule has 1 atom stereocenters. The fourth-order valence-corrected chi connectivity index (χ4v) is 1.76. The zero-order valence-electron chi connectivity index (χ0n) is 9.55. The number of phenols is 1. The number of hydrogen-bond acceptors (Lipinski definition) is 4. The third kappa shape index (κ3) is 2.52. The Bertz CT molecular complexity index is 385. The van der Waals surface area contributed by atoms with E-state index in [0.29, 0.717) is 0 Å². The van der Waals surface area contributed by atoms with Crippen molar-refractivity contribution >= 4 is 5.71 Å². The standard InChI is InChI=1S/C12H16N2O2/c1-14(2)8-11-7-12(13-16-11)9-3-5-10(15)6-4-9/h3-6,11,15H,7-8H2,1-2H3. The van der Waals surface area contributed by atoms with Gasteiger partial charge in [0.1, 0.15) is 11.9 Å². The molecule has 0 aliphatic carbocycles. The molecular weight excluding hydrogens is 204 g/mol. The maximum atomic E-state index is 9.19. The smallest absolute Gasteiger partial charge is 0.145 e. The largest absolute Gasteiger partial charge is 0.508 e. The molecule has 0 amide bonds. The first kappa shape index (κ1) is 11.0. The Labute approximate surface area is 95.1 Å². The van der Waals surface area contributed by atoms with E-state index in [2.05, 4.69) is 10.1 Å². The van der Waals surface area contributed by atoms with Gasteiger partial charge in [0, 0.05) is 13.0 Å². The van der Waals surface area contributed by atoms with Crippen molar-refractivity contribution in [2.24, 2.45) is 5.16 Å². The zero-order chi connectivity index (χ0) is 11.5. The first-order chi connectivity index (χ1) is 7.65. The van der Waals surface area contributed by atoms with Crippen molar-refractivity contribution in [1.82, 2.24) is 4.90 Å². The van der Waals surface area contributed by atoms with Crippen molar-refractivity contribution in [3.8, 4) is 5.75 Å². The number of nitrogens with zero attached hydrogens (tertiary/aromatic N) is 2. The van der Waals surface area contributed by atoms with Gasteiger partial charge in [-0.1, -0.05) is 5.16 Å². The molecule has 16 heavy (non-hydrogen) atoms. The van der Waals surface area contributed by atoms with E-state index in [0.717, 1.165) is 24.2 Å². The van der Waals surface area contributed by atoms with Gasteiger partial charge >= 0.3 is 0 Å². The molecule has 1 heterocycles. The highest BCUT2D eigenvalue weighted by molar-refractivity contribution is 6.01. The van der Waals surface area contributed by atoms with Gasteiger partial charge in [0.25, 0.3) is 0 Å². The van der Waals surface area contributed by atoms with Crippen molar-refractivity contribution in [1.29, 1.82) is 0 Å². The second-order valence-corrected chi connectivity index (χ2v) is 4.28. The minimum atomic E-state index is 0.138. The van der Waals surface area contributed by atoms with E-state index >= 15 is 0 Å². The van der Waals surface area contributed by atoms with Gasteiger partial charge < -0.3 is 14.8 Å². The number of benzene rings is 1. The van der Waals surface area contributed by atoms with Crippen LogP contribution in [0.4, 0.5) is 0 Å². The van der Waals surface area contributed by atoms with Gasteiger partial charge in [-0.15, -0.1) is 0 Å². The second-order valence-electron chi connectivity index (χ2n) is 4.28. The van der Waals surface area contributed by atoms with Gasteiger partial charge in [0.2, 0.25) is 0 Å². The van der Waals surface area contributed by atoms with E-state index in [9.17, 15) is 5.11 Å². The maximum Gasteiger partial charge on any atom is 0.145 e. The lowest BCUT2D eigenvalue weighted by Gasteiger charge is -2.13. The highest BCUT2D eigenvalue weighted by Gasteiger charge is 2.22. The summed E-state index contributed by atoms with van der Waals surface area (Å²) in [5.41, 5.74) is 1.96. The Kier molecular flexibility index (Phi) is 3.10. The van der Waals surface area contributed by atoms with Crippen LogP contribution in [0.3, 0.4) is 0 Å². The van der Waals surface area contributed by atoms with Crippen molar-refractivity contribution in [3.05, 3.63) is 29.8 Å². The highest BCUT2D eigenvalue weighted by Crippen LogP contribution is 2.18. The van der Waals surface area contributed by atoms with Gasteiger partial charge in [-0.3, -0.25) is 0 Å². The van der Waals surface area contributed by atoms with E-state index in [1.807, 2.05) is 26.2 Å². The van der Waals surface area contributed by atoms with Crippen LogP contribution >= 0.6 is 0 Å². The third-order valence-corrected chi connectivity index (χ3v) is 2.50. The van der Waals surface area contributed by atoms with Crippen LogP contribution in [0.15, 0.2) is 29.4 Å². The van der Waals surface area contributed by atoms with Crippen molar-refractivity contribution in [3.63, 3.8) is 0 Å². The van der Waals surface area contributed by atoms with Crippen molar-refractivity contribution in [2.45, 2.75) is 12.5 Å². The summed E-state index contributed by atoms with van der Waals surface area (Å²) in [6.07, 6.45) is 0.960. The summed E-state index contributed by atoms with van der Waals surface area (Å²) in [6, 6.07) is 7.04. The molecule has 0 radical (unpaired) electrons. The summed E-state index contributed by atoms with van der Waals surface area (Å²) in [5.74, 6) is 0.271. The second kappa shape index (κ2) is 4.53. The lowest BCUT2D eigenvalue weighted by molar-refractivity contribution is 0.0650. The Morgan fingerprint density at radius 3 is 2.69 bits per heavy atom. The molecule has 1 N–H and O–H groups in total. The average molecular weight is 220 g/mol. The summed E-state index contributed by atoms with van der Waals surface area (Å²) in [5, 5.41) is 13.3. The van der Waals surface area contributed by atoms with Gasteiger partial charge in [-0.25, -0.2) is 0 Å². The quantitative estimate of drug-likeness (QED) is 0.838. The maximum absolute atomic E-state index is 9.19. The first-order valence-corrected chi connectivity index (χ1v) is 5.32. The average Bonchev–Trinajstić information content (AvgIpc) is 2.66. The van der Waals surface area contributed by atoms with Crippen LogP contribution in [0.5, 0.6) is 5.75 Å². The number of aromatic hydroxyl groups is 1. The number of likely N-dealkylation sites (N-methyl/N-ethyl adjacent to an activating group) is 1. The predicted octanol–water partition coefficient (Wildman–Crippen LogP) is 1.45.